The van der Waals surface area contributed by atoms with Crippen LogP contribution < -0.4 is 10.9 Å². The molecule has 0 spiro atoms. The van der Waals surface area contributed by atoms with Crippen LogP contribution in [0.4, 0.5) is 0 Å². The van der Waals surface area contributed by atoms with Gasteiger partial charge in [0.25, 0.3) is 5.56 Å². The highest BCUT2D eigenvalue weighted by molar-refractivity contribution is 5.86. The molecule has 116 valence electrons. The minimum atomic E-state index is -1.34. The van der Waals surface area contributed by atoms with Crippen LogP contribution in [0.2, 0.25) is 0 Å². The van der Waals surface area contributed by atoms with Gasteiger partial charge in [-0.15, -0.1) is 0 Å². The van der Waals surface area contributed by atoms with Crippen molar-refractivity contribution in [2.24, 2.45) is 0 Å². The van der Waals surface area contributed by atoms with E-state index in [0.29, 0.717) is 10.9 Å². The predicted octanol–water partition coefficient (Wildman–Crippen LogP) is 0.766. The van der Waals surface area contributed by atoms with Crippen LogP contribution >= 0.6 is 0 Å². The van der Waals surface area contributed by atoms with Gasteiger partial charge in [0.1, 0.15) is 5.54 Å². The maximum absolute atomic E-state index is 12.2. The molecule has 0 saturated carbocycles. The number of rotatable bonds is 5. The first-order valence-corrected chi connectivity index (χ1v) is 6.80. The maximum atomic E-state index is 12.2. The van der Waals surface area contributed by atoms with Crippen molar-refractivity contribution in [3.05, 3.63) is 40.9 Å². The molecule has 7 nitrogen and oxygen atoms in total. The number of nitrogens with one attached hydrogen (secondary N) is 1. The number of hydrogen-bond acceptors (Lipinski definition) is 4. The van der Waals surface area contributed by atoms with Crippen LogP contribution in [0.1, 0.15) is 20.3 Å². The van der Waals surface area contributed by atoms with Gasteiger partial charge in [0.05, 0.1) is 17.2 Å². The Labute approximate surface area is 126 Å². The monoisotopic (exact) mass is 303 g/mol. The molecule has 0 radical (unpaired) electrons. The molecule has 7 heteroatoms. The number of fused-ring (bicyclic) bond motifs is 1. The third kappa shape index (κ3) is 3.30. The van der Waals surface area contributed by atoms with Crippen molar-refractivity contribution in [2.45, 2.75) is 32.4 Å². The van der Waals surface area contributed by atoms with Crippen molar-refractivity contribution >= 4 is 22.8 Å². The first kappa shape index (κ1) is 15.7. The molecule has 1 aromatic heterocycles. The number of aliphatic carboxylic acids is 1. The highest BCUT2D eigenvalue weighted by Gasteiger charge is 2.28. The van der Waals surface area contributed by atoms with Crippen molar-refractivity contribution in [2.75, 3.05) is 0 Å². The number of amides is 1. The van der Waals surface area contributed by atoms with Gasteiger partial charge in [-0.3, -0.25) is 14.2 Å². The molecular formula is C15H17N3O4. The number of para-hydroxylation sites is 1. The molecule has 0 atom stereocenters. The number of aryl methyl sites for hydroxylation is 1. The number of carboxylic acid groups (broad SMARTS) is 1. The molecule has 22 heavy (non-hydrogen) atoms. The fraction of sp³-hybridized carbons (Fsp3) is 0.333. The molecule has 0 saturated heterocycles. The molecule has 1 aromatic carbocycles. The molecule has 1 amide bonds. The molecule has 0 bridgehead atoms. The Morgan fingerprint density at radius 2 is 2.00 bits per heavy atom. The first-order valence-electron chi connectivity index (χ1n) is 6.80. The Morgan fingerprint density at radius 1 is 1.32 bits per heavy atom. The summed E-state index contributed by atoms with van der Waals surface area (Å²) >= 11 is 0. The second-order valence-corrected chi connectivity index (χ2v) is 5.49. The van der Waals surface area contributed by atoms with Crippen LogP contribution in [0.25, 0.3) is 10.9 Å². The minimum absolute atomic E-state index is 0.00334. The van der Waals surface area contributed by atoms with E-state index >= 15 is 0 Å². The third-order valence-electron chi connectivity index (χ3n) is 3.30. The molecule has 2 N–H and O–H groups in total. The SMILES string of the molecule is CC(C)(NC(=O)CCn1cnc2ccccc2c1=O)C(=O)O. The van der Waals surface area contributed by atoms with Gasteiger partial charge in [-0.1, -0.05) is 12.1 Å². The summed E-state index contributed by atoms with van der Waals surface area (Å²) in [4.78, 5) is 39.1. The van der Waals surface area contributed by atoms with E-state index < -0.39 is 17.4 Å². The summed E-state index contributed by atoms with van der Waals surface area (Å²) in [5, 5.41) is 11.8. The molecule has 0 fully saturated rings. The summed E-state index contributed by atoms with van der Waals surface area (Å²) < 4.78 is 1.34. The van der Waals surface area contributed by atoms with E-state index in [4.69, 9.17) is 5.11 Å². The molecule has 2 rings (SSSR count). The summed E-state index contributed by atoms with van der Waals surface area (Å²) in [6.45, 7) is 2.94. The Hall–Kier alpha value is -2.70. The average Bonchev–Trinajstić information content (AvgIpc) is 2.46. The molecule has 2 aromatic rings. The largest absolute Gasteiger partial charge is 0.480 e. The normalized spacial score (nSPS) is 11.4. The van der Waals surface area contributed by atoms with Crippen LogP contribution in [0.15, 0.2) is 35.4 Å². The summed E-state index contributed by atoms with van der Waals surface area (Å²) in [7, 11) is 0. The number of carbonyl (C=O) groups excluding carboxylic acids is 1. The summed E-state index contributed by atoms with van der Waals surface area (Å²) in [6, 6.07) is 6.95. The third-order valence-corrected chi connectivity index (χ3v) is 3.30. The van der Waals surface area contributed by atoms with E-state index in [1.165, 1.54) is 24.7 Å². The quantitative estimate of drug-likeness (QED) is 0.849. The number of benzene rings is 1. The summed E-state index contributed by atoms with van der Waals surface area (Å²) in [5.74, 6) is -1.56. The second kappa shape index (κ2) is 5.97. The standard InChI is InChI=1S/C15H17N3O4/c1-15(2,14(21)22)17-12(19)7-8-18-9-16-11-6-4-3-5-10(11)13(18)20/h3-6,9H,7-8H2,1-2H3,(H,17,19)(H,21,22). The molecule has 0 unspecified atom stereocenters. The number of aromatic nitrogens is 2. The zero-order valence-corrected chi connectivity index (χ0v) is 12.4. The van der Waals surface area contributed by atoms with Gasteiger partial charge in [0.15, 0.2) is 0 Å². The molecule has 0 aliphatic rings. The Bertz CT molecular complexity index is 780. The van der Waals surface area contributed by atoms with Crippen LogP contribution in [-0.2, 0) is 16.1 Å². The van der Waals surface area contributed by atoms with Crippen molar-refractivity contribution in [1.82, 2.24) is 14.9 Å². The predicted molar refractivity (Wildman–Crippen MR) is 80.5 cm³/mol. The van der Waals surface area contributed by atoms with E-state index in [9.17, 15) is 14.4 Å². The average molecular weight is 303 g/mol. The first-order chi connectivity index (χ1) is 10.3. The smallest absolute Gasteiger partial charge is 0.328 e. The zero-order valence-electron chi connectivity index (χ0n) is 12.4. The lowest BCUT2D eigenvalue weighted by atomic mass is 10.1. The van der Waals surface area contributed by atoms with E-state index in [1.54, 1.807) is 24.3 Å². The maximum Gasteiger partial charge on any atom is 0.328 e. The van der Waals surface area contributed by atoms with Crippen LogP contribution in [0, 0.1) is 0 Å². The summed E-state index contributed by atoms with van der Waals surface area (Å²) in [6.07, 6.45) is 1.39. The van der Waals surface area contributed by atoms with Crippen molar-refractivity contribution in [3.63, 3.8) is 0 Å². The fourth-order valence-corrected chi connectivity index (χ4v) is 1.95. The van der Waals surface area contributed by atoms with Gasteiger partial charge in [-0.05, 0) is 26.0 Å². The molecule has 0 aliphatic heterocycles. The van der Waals surface area contributed by atoms with Gasteiger partial charge in [-0.2, -0.15) is 0 Å². The van der Waals surface area contributed by atoms with Crippen molar-refractivity contribution < 1.29 is 14.7 Å². The lowest BCUT2D eigenvalue weighted by Crippen LogP contribution is -2.49. The number of hydrogen-bond donors (Lipinski definition) is 2. The van der Waals surface area contributed by atoms with Gasteiger partial charge in [0, 0.05) is 13.0 Å². The molecular weight excluding hydrogens is 286 g/mol. The van der Waals surface area contributed by atoms with Gasteiger partial charge in [0.2, 0.25) is 5.91 Å². The van der Waals surface area contributed by atoms with Crippen molar-refractivity contribution in [1.29, 1.82) is 0 Å². The Balaban J connectivity index is 2.09. The number of carboxylic acids is 1. The molecule has 0 aliphatic carbocycles. The van der Waals surface area contributed by atoms with Gasteiger partial charge < -0.3 is 10.4 Å². The lowest BCUT2D eigenvalue weighted by molar-refractivity contribution is -0.146. The Morgan fingerprint density at radius 3 is 2.68 bits per heavy atom. The minimum Gasteiger partial charge on any atom is -0.480 e. The highest BCUT2D eigenvalue weighted by atomic mass is 16.4. The lowest BCUT2D eigenvalue weighted by Gasteiger charge is -2.21. The van der Waals surface area contributed by atoms with Crippen molar-refractivity contribution in [3.8, 4) is 0 Å². The van der Waals surface area contributed by atoms with Gasteiger partial charge in [-0.25, -0.2) is 9.78 Å². The topological polar surface area (TPSA) is 101 Å². The number of carbonyl (C=O) groups is 2. The highest BCUT2D eigenvalue weighted by Crippen LogP contribution is 2.05. The van der Waals surface area contributed by atoms with E-state index in [2.05, 4.69) is 10.3 Å². The van der Waals surface area contributed by atoms with Gasteiger partial charge >= 0.3 is 5.97 Å². The van der Waals surface area contributed by atoms with E-state index in [1.807, 2.05) is 0 Å². The van der Waals surface area contributed by atoms with E-state index in [-0.39, 0.29) is 18.5 Å². The zero-order chi connectivity index (χ0) is 16.3. The van der Waals surface area contributed by atoms with Crippen LogP contribution in [0.5, 0.6) is 0 Å². The van der Waals surface area contributed by atoms with Crippen LogP contribution in [0.3, 0.4) is 0 Å². The van der Waals surface area contributed by atoms with E-state index in [0.717, 1.165) is 0 Å². The number of nitrogens with zero attached hydrogens (tertiary/aromatic N) is 2. The molecule has 1 heterocycles. The fourth-order valence-electron chi connectivity index (χ4n) is 1.95. The Kier molecular flexibility index (Phi) is 4.25. The second-order valence-electron chi connectivity index (χ2n) is 5.49. The van der Waals surface area contributed by atoms with Crippen LogP contribution in [-0.4, -0.2) is 32.1 Å². The summed E-state index contributed by atoms with van der Waals surface area (Å²) in [5.41, 5.74) is -0.972.